The van der Waals surface area contributed by atoms with Gasteiger partial charge in [0.25, 0.3) is 0 Å². The summed E-state index contributed by atoms with van der Waals surface area (Å²) in [5, 5.41) is 4.24. The summed E-state index contributed by atoms with van der Waals surface area (Å²) in [5.74, 6) is -1.77. The van der Waals surface area contributed by atoms with E-state index in [-0.39, 0.29) is 17.9 Å². The Balaban J connectivity index is 2.41. The molecular weight excluding hydrogens is 288 g/mol. The lowest BCUT2D eigenvalue weighted by molar-refractivity contribution is -0.146. The highest BCUT2D eigenvalue weighted by molar-refractivity contribution is 7.10. The number of rotatable bonds is 4. The van der Waals surface area contributed by atoms with Gasteiger partial charge in [0.05, 0.1) is 6.04 Å². The summed E-state index contributed by atoms with van der Waals surface area (Å²) < 4.78 is 0. The summed E-state index contributed by atoms with van der Waals surface area (Å²) in [6.07, 6.45) is 0. The van der Waals surface area contributed by atoms with Gasteiger partial charge in [-0.05, 0) is 23.3 Å². The van der Waals surface area contributed by atoms with Crippen LogP contribution < -0.4 is 5.32 Å². The second-order valence-electron chi connectivity index (χ2n) is 5.93. The minimum atomic E-state index is -0.802. The number of carbonyl (C=O) groups is 3. The zero-order valence-electron chi connectivity index (χ0n) is 12.6. The van der Waals surface area contributed by atoms with Gasteiger partial charge in [-0.3, -0.25) is 19.8 Å². The van der Waals surface area contributed by atoms with Crippen LogP contribution in [-0.4, -0.2) is 22.7 Å². The average Bonchev–Trinajstić information content (AvgIpc) is 2.86. The molecule has 114 valence electrons. The fourth-order valence-electron chi connectivity index (χ4n) is 2.67. The summed E-state index contributed by atoms with van der Waals surface area (Å²) in [5.41, 5.74) is 0. The molecule has 4 amide bonds. The highest BCUT2D eigenvalue weighted by atomic mass is 32.1. The van der Waals surface area contributed by atoms with Crippen molar-refractivity contribution in [3.8, 4) is 0 Å². The first kappa shape index (κ1) is 15.7. The van der Waals surface area contributed by atoms with E-state index in [9.17, 15) is 14.4 Å². The molecular formula is C15H20N2O3S. The van der Waals surface area contributed by atoms with Crippen LogP contribution in [0.25, 0.3) is 0 Å². The van der Waals surface area contributed by atoms with Gasteiger partial charge >= 0.3 is 6.03 Å². The molecule has 1 aromatic heterocycles. The SMILES string of the molecule is CC(C)C1C(=O)NC(=O)N(C(c2cccs2)C(C)C)C1=O. The molecule has 1 aromatic rings. The monoisotopic (exact) mass is 308 g/mol. The van der Waals surface area contributed by atoms with Gasteiger partial charge in [0.15, 0.2) is 0 Å². The Hall–Kier alpha value is -1.69. The molecule has 2 rings (SSSR count). The standard InChI is InChI=1S/C15H20N2O3S/c1-8(2)11-13(18)16-15(20)17(14(11)19)12(9(3)4)10-6-5-7-21-10/h5-9,11-12H,1-4H3,(H,16,18,20). The molecule has 1 fully saturated rings. The van der Waals surface area contributed by atoms with E-state index in [1.807, 2.05) is 45.2 Å². The van der Waals surface area contributed by atoms with Gasteiger partial charge in [-0.25, -0.2) is 4.79 Å². The van der Waals surface area contributed by atoms with E-state index in [4.69, 9.17) is 0 Å². The van der Waals surface area contributed by atoms with Crippen LogP contribution in [-0.2, 0) is 9.59 Å². The molecule has 0 aromatic carbocycles. The lowest BCUT2D eigenvalue weighted by Gasteiger charge is -2.38. The van der Waals surface area contributed by atoms with Crippen molar-refractivity contribution in [3.63, 3.8) is 0 Å². The molecule has 5 nitrogen and oxygen atoms in total. The second kappa shape index (κ2) is 5.97. The summed E-state index contributed by atoms with van der Waals surface area (Å²) >= 11 is 1.51. The largest absolute Gasteiger partial charge is 0.331 e. The van der Waals surface area contributed by atoms with Crippen LogP contribution in [0.1, 0.15) is 38.6 Å². The number of urea groups is 1. The molecule has 6 heteroatoms. The maximum Gasteiger partial charge on any atom is 0.331 e. The van der Waals surface area contributed by atoms with Gasteiger partial charge < -0.3 is 0 Å². The molecule has 1 N–H and O–H groups in total. The number of barbiturate groups is 1. The molecule has 0 radical (unpaired) electrons. The molecule has 0 aliphatic carbocycles. The molecule has 0 bridgehead atoms. The molecule has 2 atom stereocenters. The Bertz CT molecular complexity index is 551. The number of hydrogen-bond acceptors (Lipinski definition) is 4. The van der Waals surface area contributed by atoms with E-state index >= 15 is 0 Å². The minimum absolute atomic E-state index is 0.0689. The van der Waals surface area contributed by atoms with E-state index in [0.717, 1.165) is 4.88 Å². The lowest BCUT2D eigenvalue weighted by atomic mass is 9.90. The highest BCUT2D eigenvalue weighted by Crippen LogP contribution is 2.35. The van der Waals surface area contributed by atoms with E-state index < -0.39 is 23.8 Å². The Labute approximate surface area is 128 Å². The number of thiophene rings is 1. The summed E-state index contributed by atoms with van der Waals surface area (Å²) in [7, 11) is 0. The number of amides is 4. The van der Waals surface area contributed by atoms with E-state index in [1.165, 1.54) is 16.2 Å². The third-order valence-corrected chi connectivity index (χ3v) is 4.59. The number of hydrogen-bond donors (Lipinski definition) is 1. The van der Waals surface area contributed by atoms with Crippen molar-refractivity contribution in [1.82, 2.24) is 10.2 Å². The topological polar surface area (TPSA) is 66.5 Å². The van der Waals surface area contributed by atoms with Crippen molar-refractivity contribution >= 4 is 29.2 Å². The molecule has 1 saturated heterocycles. The zero-order chi connectivity index (χ0) is 15.7. The van der Waals surface area contributed by atoms with Crippen LogP contribution in [0.2, 0.25) is 0 Å². The van der Waals surface area contributed by atoms with Gasteiger partial charge in [0.2, 0.25) is 11.8 Å². The van der Waals surface area contributed by atoms with Crippen LogP contribution >= 0.6 is 11.3 Å². The van der Waals surface area contributed by atoms with Crippen molar-refractivity contribution in [2.45, 2.75) is 33.7 Å². The van der Waals surface area contributed by atoms with E-state index in [0.29, 0.717) is 0 Å². The van der Waals surface area contributed by atoms with Crippen molar-refractivity contribution < 1.29 is 14.4 Å². The van der Waals surface area contributed by atoms with Crippen molar-refractivity contribution in [2.24, 2.45) is 17.8 Å². The Kier molecular flexibility index (Phi) is 4.46. The molecule has 2 heterocycles. The molecule has 2 unspecified atom stereocenters. The molecule has 0 spiro atoms. The second-order valence-corrected chi connectivity index (χ2v) is 6.91. The first-order valence-corrected chi connectivity index (χ1v) is 7.93. The third-order valence-electron chi connectivity index (χ3n) is 3.65. The third kappa shape index (κ3) is 2.85. The minimum Gasteiger partial charge on any atom is -0.277 e. The lowest BCUT2D eigenvalue weighted by Crippen LogP contribution is -2.60. The van der Waals surface area contributed by atoms with Gasteiger partial charge in [-0.2, -0.15) is 0 Å². The Morgan fingerprint density at radius 1 is 1.19 bits per heavy atom. The van der Waals surface area contributed by atoms with Gasteiger partial charge in [-0.1, -0.05) is 33.8 Å². The molecule has 1 aliphatic rings. The van der Waals surface area contributed by atoms with Gasteiger partial charge in [-0.15, -0.1) is 11.3 Å². The van der Waals surface area contributed by atoms with Crippen LogP contribution in [0.3, 0.4) is 0 Å². The quantitative estimate of drug-likeness (QED) is 0.870. The molecule has 21 heavy (non-hydrogen) atoms. The van der Waals surface area contributed by atoms with Crippen LogP contribution in [0.15, 0.2) is 17.5 Å². The maximum atomic E-state index is 12.7. The summed E-state index contributed by atoms with van der Waals surface area (Å²) in [6.45, 7) is 7.55. The highest BCUT2D eigenvalue weighted by Gasteiger charge is 2.46. The molecule has 1 aliphatic heterocycles. The fourth-order valence-corrected chi connectivity index (χ4v) is 3.66. The Morgan fingerprint density at radius 3 is 2.33 bits per heavy atom. The van der Waals surface area contributed by atoms with Crippen LogP contribution in [0.4, 0.5) is 4.79 Å². The van der Waals surface area contributed by atoms with E-state index in [2.05, 4.69) is 5.32 Å². The number of carbonyl (C=O) groups excluding carboxylic acids is 3. The first-order valence-electron chi connectivity index (χ1n) is 7.06. The smallest absolute Gasteiger partial charge is 0.277 e. The van der Waals surface area contributed by atoms with Crippen LogP contribution in [0, 0.1) is 17.8 Å². The van der Waals surface area contributed by atoms with E-state index in [1.54, 1.807) is 0 Å². The number of nitrogens with zero attached hydrogens (tertiary/aromatic N) is 1. The first-order chi connectivity index (χ1) is 9.84. The van der Waals surface area contributed by atoms with Crippen molar-refractivity contribution in [1.29, 1.82) is 0 Å². The summed E-state index contributed by atoms with van der Waals surface area (Å²) in [4.78, 5) is 39.0. The van der Waals surface area contributed by atoms with Crippen molar-refractivity contribution in [3.05, 3.63) is 22.4 Å². The van der Waals surface area contributed by atoms with Crippen molar-refractivity contribution in [2.75, 3.05) is 0 Å². The Morgan fingerprint density at radius 2 is 1.86 bits per heavy atom. The van der Waals surface area contributed by atoms with Gasteiger partial charge in [0, 0.05) is 4.88 Å². The van der Waals surface area contributed by atoms with Gasteiger partial charge in [0.1, 0.15) is 5.92 Å². The van der Waals surface area contributed by atoms with Crippen LogP contribution in [0.5, 0.6) is 0 Å². The fraction of sp³-hybridized carbons (Fsp3) is 0.533. The number of imide groups is 2. The predicted molar refractivity (Wildman–Crippen MR) is 80.6 cm³/mol. The maximum absolute atomic E-state index is 12.7. The zero-order valence-corrected chi connectivity index (χ0v) is 13.4. The normalized spacial score (nSPS) is 21.1. The number of nitrogens with one attached hydrogen (secondary N) is 1. The summed E-state index contributed by atoms with van der Waals surface area (Å²) in [6, 6.07) is 2.85. The average molecular weight is 308 g/mol. The molecule has 0 saturated carbocycles. The predicted octanol–water partition coefficient (Wildman–Crippen LogP) is 2.80.